The van der Waals surface area contributed by atoms with E-state index >= 15 is 0 Å². The Bertz CT molecular complexity index is 821. The molecule has 8 heteroatoms. The maximum atomic E-state index is 11.8. The van der Waals surface area contributed by atoms with E-state index in [0.717, 1.165) is 11.3 Å². The third-order valence-corrected chi connectivity index (χ3v) is 4.04. The molecule has 0 aliphatic rings. The zero-order chi connectivity index (χ0) is 21.8. The van der Waals surface area contributed by atoms with Gasteiger partial charge in [-0.15, -0.1) is 0 Å². The highest BCUT2D eigenvalue weighted by Crippen LogP contribution is 2.27. The first-order chi connectivity index (χ1) is 14.5. The molecular weight excluding hydrogens is 390 g/mol. The van der Waals surface area contributed by atoms with Crippen molar-refractivity contribution in [2.75, 3.05) is 40.6 Å². The molecule has 1 N–H and O–H groups in total. The molecule has 2 aromatic rings. The average molecular weight is 417 g/mol. The Morgan fingerprint density at radius 1 is 0.867 bits per heavy atom. The molecule has 1 amide bonds. The van der Waals surface area contributed by atoms with Crippen LogP contribution in [0.2, 0.25) is 0 Å². The van der Waals surface area contributed by atoms with E-state index in [2.05, 4.69) is 5.32 Å². The van der Waals surface area contributed by atoms with Gasteiger partial charge in [0.2, 0.25) is 0 Å². The minimum Gasteiger partial charge on any atom is -0.494 e. The van der Waals surface area contributed by atoms with Crippen molar-refractivity contribution in [1.82, 2.24) is 5.32 Å². The van der Waals surface area contributed by atoms with Crippen molar-refractivity contribution < 1.29 is 33.3 Å². The molecule has 162 valence electrons. The first kappa shape index (κ1) is 22.9. The van der Waals surface area contributed by atoms with Crippen LogP contribution in [0.4, 0.5) is 0 Å². The molecule has 0 aliphatic heterocycles. The third-order valence-electron chi connectivity index (χ3n) is 4.04. The SMILES string of the molecule is CCOc1ccc(OCC(=O)OCC(=O)NCCc2ccc(OC)c(OC)c2)cc1. The van der Waals surface area contributed by atoms with Gasteiger partial charge in [0.25, 0.3) is 5.91 Å². The maximum Gasteiger partial charge on any atom is 0.344 e. The van der Waals surface area contributed by atoms with Crippen molar-refractivity contribution in [1.29, 1.82) is 0 Å². The van der Waals surface area contributed by atoms with E-state index in [-0.39, 0.29) is 19.1 Å². The van der Waals surface area contributed by atoms with Crippen LogP contribution in [0.5, 0.6) is 23.0 Å². The summed E-state index contributed by atoms with van der Waals surface area (Å²) in [5.41, 5.74) is 0.980. The Hall–Kier alpha value is -3.42. The van der Waals surface area contributed by atoms with Gasteiger partial charge in [-0.05, 0) is 55.3 Å². The summed E-state index contributed by atoms with van der Waals surface area (Å²) in [4.78, 5) is 23.6. The van der Waals surface area contributed by atoms with E-state index < -0.39 is 5.97 Å². The molecule has 2 aromatic carbocycles. The highest BCUT2D eigenvalue weighted by Gasteiger charge is 2.09. The normalized spacial score (nSPS) is 10.1. The minimum absolute atomic E-state index is 0.285. The van der Waals surface area contributed by atoms with E-state index in [1.807, 2.05) is 25.1 Å². The van der Waals surface area contributed by atoms with Crippen molar-refractivity contribution in [3.05, 3.63) is 48.0 Å². The van der Waals surface area contributed by atoms with Gasteiger partial charge >= 0.3 is 5.97 Å². The lowest BCUT2D eigenvalue weighted by atomic mass is 10.1. The van der Waals surface area contributed by atoms with Crippen LogP contribution in [0.15, 0.2) is 42.5 Å². The standard InChI is InChI=1S/C22H27NO7/c1-4-28-17-6-8-18(9-7-17)29-15-22(25)30-14-21(24)23-12-11-16-5-10-19(26-2)20(13-16)27-3/h5-10,13H,4,11-12,14-15H2,1-3H3,(H,23,24). The quantitative estimate of drug-likeness (QED) is 0.530. The second kappa shape index (κ2) is 12.2. The Labute approximate surface area is 176 Å². The predicted molar refractivity (Wildman–Crippen MR) is 110 cm³/mol. The second-order valence-corrected chi connectivity index (χ2v) is 6.14. The number of methoxy groups -OCH3 is 2. The minimum atomic E-state index is -0.626. The van der Waals surface area contributed by atoms with Gasteiger partial charge in [-0.25, -0.2) is 4.79 Å². The van der Waals surface area contributed by atoms with Crippen LogP contribution < -0.4 is 24.3 Å². The van der Waals surface area contributed by atoms with Gasteiger partial charge in [-0.1, -0.05) is 6.07 Å². The van der Waals surface area contributed by atoms with Crippen molar-refractivity contribution in [2.45, 2.75) is 13.3 Å². The summed E-state index contributed by atoms with van der Waals surface area (Å²) in [6, 6.07) is 12.4. The van der Waals surface area contributed by atoms with Crippen LogP contribution in [0.1, 0.15) is 12.5 Å². The number of hydrogen-bond donors (Lipinski definition) is 1. The lowest BCUT2D eigenvalue weighted by Crippen LogP contribution is -2.31. The Morgan fingerprint density at radius 3 is 2.17 bits per heavy atom. The lowest BCUT2D eigenvalue weighted by molar-refractivity contribution is -0.150. The Morgan fingerprint density at radius 2 is 1.53 bits per heavy atom. The topological polar surface area (TPSA) is 92.3 Å². The first-order valence-electron chi connectivity index (χ1n) is 9.54. The molecule has 0 aromatic heterocycles. The van der Waals surface area contributed by atoms with E-state index in [1.165, 1.54) is 0 Å². The van der Waals surface area contributed by atoms with E-state index in [1.54, 1.807) is 38.5 Å². The number of amides is 1. The van der Waals surface area contributed by atoms with Crippen molar-refractivity contribution in [2.24, 2.45) is 0 Å². The third kappa shape index (κ3) is 7.54. The molecule has 0 heterocycles. The molecule has 0 spiro atoms. The van der Waals surface area contributed by atoms with Gasteiger partial charge in [0, 0.05) is 6.54 Å². The number of benzene rings is 2. The monoisotopic (exact) mass is 417 g/mol. The summed E-state index contributed by atoms with van der Waals surface area (Å²) in [5.74, 6) is 1.49. The van der Waals surface area contributed by atoms with Crippen LogP contribution in [-0.4, -0.2) is 52.5 Å². The number of carbonyl (C=O) groups is 2. The summed E-state index contributed by atoms with van der Waals surface area (Å²) in [6.45, 7) is 2.22. The fourth-order valence-electron chi connectivity index (χ4n) is 2.56. The zero-order valence-electron chi connectivity index (χ0n) is 17.4. The molecule has 2 rings (SSSR count). The lowest BCUT2D eigenvalue weighted by Gasteiger charge is -2.10. The van der Waals surface area contributed by atoms with Crippen LogP contribution in [0, 0.1) is 0 Å². The molecule has 0 saturated heterocycles. The first-order valence-corrected chi connectivity index (χ1v) is 9.54. The highest BCUT2D eigenvalue weighted by atomic mass is 16.6. The fourth-order valence-corrected chi connectivity index (χ4v) is 2.56. The largest absolute Gasteiger partial charge is 0.494 e. The van der Waals surface area contributed by atoms with Crippen LogP contribution in [-0.2, 0) is 20.7 Å². The maximum absolute atomic E-state index is 11.8. The summed E-state index contributed by atoms with van der Waals surface area (Å²) >= 11 is 0. The number of ether oxygens (including phenoxy) is 5. The molecule has 0 fully saturated rings. The molecule has 30 heavy (non-hydrogen) atoms. The van der Waals surface area contributed by atoms with Gasteiger partial charge in [-0.2, -0.15) is 0 Å². The molecule has 0 aliphatic carbocycles. The summed E-state index contributed by atoms with van der Waals surface area (Å²) in [6.07, 6.45) is 0.598. The number of nitrogens with one attached hydrogen (secondary N) is 1. The average Bonchev–Trinajstić information content (AvgIpc) is 2.77. The number of esters is 1. The Balaban J connectivity index is 1.65. The molecule has 0 saturated carbocycles. The van der Waals surface area contributed by atoms with E-state index in [4.69, 9.17) is 23.7 Å². The molecule has 0 radical (unpaired) electrons. The van der Waals surface area contributed by atoms with Gasteiger partial charge < -0.3 is 29.0 Å². The second-order valence-electron chi connectivity index (χ2n) is 6.14. The predicted octanol–water partition coefficient (Wildman–Crippen LogP) is 2.38. The molecule has 8 nitrogen and oxygen atoms in total. The van der Waals surface area contributed by atoms with Crippen molar-refractivity contribution in [3.63, 3.8) is 0 Å². The van der Waals surface area contributed by atoms with Crippen molar-refractivity contribution >= 4 is 11.9 Å². The van der Waals surface area contributed by atoms with Gasteiger partial charge in [0.05, 0.1) is 20.8 Å². The van der Waals surface area contributed by atoms with Crippen LogP contribution in [0.25, 0.3) is 0 Å². The summed E-state index contributed by atoms with van der Waals surface area (Å²) in [7, 11) is 3.14. The van der Waals surface area contributed by atoms with E-state index in [0.29, 0.717) is 36.8 Å². The summed E-state index contributed by atoms with van der Waals surface area (Å²) in [5, 5.41) is 2.70. The molecule has 0 atom stereocenters. The van der Waals surface area contributed by atoms with E-state index in [9.17, 15) is 9.59 Å². The van der Waals surface area contributed by atoms with Gasteiger partial charge in [-0.3, -0.25) is 4.79 Å². The van der Waals surface area contributed by atoms with Crippen molar-refractivity contribution in [3.8, 4) is 23.0 Å². The number of hydrogen-bond acceptors (Lipinski definition) is 7. The van der Waals surface area contributed by atoms with Gasteiger partial charge in [0.15, 0.2) is 24.7 Å². The number of rotatable bonds is 12. The molecular formula is C22H27NO7. The molecule has 0 bridgehead atoms. The zero-order valence-corrected chi connectivity index (χ0v) is 17.4. The Kier molecular flexibility index (Phi) is 9.30. The molecule has 0 unspecified atom stereocenters. The van der Waals surface area contributed by atoms with Crippen LogP contribution >= 0.6 is 0 Å². The fraction of sp³-hybridized carbons (Fsp3) is 0.364. The van der Waals surface area contributed by atoms with Crippen LogP contribution in [0.3, 0.4) is 0 Å². The van der Waals surface area contributed by atoms with Gasteiger partial charge in [0.1, 0.15) is 11.5 Å². The highest BCUT2D eigenvalue weighted by molar-refractivity contribution is 5.80. The smallest absolute Gasteiger partial charge is 0.344 e. The number of carbonyl (C=O) groups excluding carboxylic acids is 2. The summed E-state index contributed by atoms with van der Waals surface area (Å²) < 4.78 is 26.0.